The first-order valence-electron chi connectivity index (χ1n) is 18.8. The van der Waals surface area contributed by atoms with Crippen LogP contribution >= 0.6 is 0 Å². The van der Waals surface area contributed by atoms with E-state index in [2.05, 4.69) is 14.2 Å². The van der Waals surface area contributed by atoms with Crippen molar-refractivity contribution in [2.75, 3.05) is 19.8 Å². The molecule has 0 aliphatic rings. The molecule has 0 radical (unpaired) electrons. The number of rotatable bonds is 28. The van der Waals surface area contributed by atoms with Crippen LogP contribution in [0, 0.1) is 0 Å². The maximum Gasteiger partial charge on any atom is 0.460 e. The van der Waals surface area contributed by atoms with Crippen molar-refractivity contribution in [1.29, 1.82) is 0 Å². The van der Waals surface area contributed by atoms with Crippen LogP contribution in [0.5, 0.6) is 17.2 Å². The van der Waals surface area contributed by atoms with Gasteiger partial charge in [0.2, 0.25) is 5.75 Å². The second-order valence-corrected chi connectivity index (χ2v) is 15.3. The van der Waals surface area contributed by atoms with E-state index in [1.807, 2.05) is 0 Å². The minimum absolute atomic E-state index is 0.00420. The highest BCUT2D eigenvalue weighted by Crippen LogP contribution is 2.64. The van der Waals surface area contributed by atoms with Crippen LogP contribution in [0.25, 0.3) is 0 Å². The van der Waals surface area contributed by atoms with Crippen LogP contribution < -0.4 is 14.2 Å². The van der Waals surface area contributed by atoms with Gasteiger partial charge in [0.25, 0.3) is 0 Å². The zero-order valence-corrected chi connectivity index (χ0v) is 35.5. The molecule has 0 bridgehead atoms. The molecule has 43 heteroatoms. The molecule has 1 aromatic carbocycles. The Morgan fingerprint density at radius 2 is 0.481 bits per heavy atom. The van der Waals surface area contributed by atoms with Gasteiger partial charge in [-0.2, -0.15) is 171 Å². The van der Waals surface area contributed by atoms with Gasteiger partial charge >= 0.3 is 107 Å². The van der Waals surface area contributed by atoms with Crippen molar-refractivity contribution in [2.45, 2.75) is 146 Å². The first-order valence-corrected chi connectivity index (χ1v) is 18.8. The third-order valence-electron chi connectivity index (χ3n) is 9.84. The minimum Gasteiger partial charge on any atom is -0.490 e. The minimum atomic E-state index is -8.46. The van der Waals surface area contributed by atoms with E-state index in [9.17, 15) is 176 Å². The molecule has 0 atom stereocenters. The summed E-state index contributed by atoms with van der Waals surface area (Å²) < 4.78 is 539. The molecule has 0 aliphatic carbocycles. The van der Waals surface area contributed by atoms with E-state index in [-0.39, 0.29) is 12.1 Å². The molecule has 77 heavy (non-hydrogen) atoms. The number of benzene rings is 1. The normalized spacial score (nSPS) is 15.7. The van der Waals surface area contributed by atoms with Crippen LogP contribution in [0.4, 0.5) is 171 Å². The predicted octanol–water partition coefficient (Wildman–Crippen LogP) is 16.2. The SMILES string of the molecule is O=Cc1cc(OCCCC(F)(F)C(F)(F)C(F)(F)C(F)(F)C(F)(F)C(F)(F)F)c(OCCCC(F)(F)C(F)(F)C(F)(F)C(F)(F)C(F)(F)C(F)(F)F)c(OCCCC(F)(F)C(F)(F)C(F)(F)C(F)(F)C(F)(F)C(F)(F)F)c1. The van der Waals surface area contributed by atoms with Gasteiger partial charge in [-0.15, -0.1) is 0 Å². The monoisotopic (exact) mass is 1230 g/mol. The Kier molecular flexibility index (Phi) is 19.2. The van der Waals surface area contributed by atoms with Gasteiger partial charge in [0.05, 0.1) is 19.8 Å². The summed E-state index contributed by atoms with van der Waals surface area (Å²) in [6.45, 7) is -6.13. The molecule has 0 aliphatic heterocycles. The molecule has 0 N–H and O–H groups in total. The first-order chi connectivity index (χ1) is 33.5. The molecule has 4 nitrogen and oxygen atoms in total. The van der Waals surface area contributed by atoms with Gasteiger partial charge in [-0.1, -0.05) is 0 Å². The molecule has 454 valence electrons. The molecular formula is C34H21F39O4. The third-order valence-corrected chi connectivity index (χ3v) is 9.84. The molecule has 0 saturated carbocycles. The number of carbonyl (C=O) groups excluding carboxylic acids is 1. The van der Waals surface area contributed by atoms with Crippen molar-refractivity contribution >= 4 is 6.29 Å². The average molecular weight is 1230 g/mol. The van der Waals surface area contributed by atoms with Gasteiger partial charge in [0.1, 0.15) is 6.29 Å². The van der Waals surface area contributed by atoms with E-state index >= 15 is 0 Å². The lowest BCUT2D eigenvalue weighted by Crippen LogP contribution is -2.70. The summed E-state index contributed by atoms with van der Waals surface area (Å²) in [6, 6.07) is -0.00839. The van der Waals surface area contributed by atoms with E-state index in [0.29, 0.717) is 0 Å². The van der Waals surface area contributed by atoms with Gasteiger partial charge < -0.3 is 14.2 Å². The van der Waals surface area contributed by atoms with Crippen molar-refractivity contribution in [2.24, 2.45) is 0 Å². The van der Waals surface area contributed by atoms with Gasteiger partial charge in [0, 0.05) is 24.8 Å². The van der Waals surface area contributed by atoms with Crippen LogP contribution in [0.2, 0.25) is 0 Å². The lowest BCUT2D eigenvalue weighted by Gasteiger charge is -2.39. The highest BCUT2D eigenvalue weighted by atomic mass is 19.5. The predicted molar refractivity (Wildman–Crippen MR) is 168 cm³/mol. The van der Waals surface area contributed by atoms with Gasteiger partial charge in [-0.25, -0.2) is 0 Å². The molecule has 0 spiro atoms. The quantitative estimate of drug-likeness (QED) is 0.0476. The summed E-state index contributed by atoms with van der Waals surface area (Å²) in [4.78, 5) is 11.5. The van der Waals surface area contributed by atoms with Crippen molar-refractivity contribution in [3.05, 3.63) is 17.7 Å². The second-order valence-electron chi connectivity index (χ2n) is 15.3. The Morgan fingerprint density at radius 3 is 0.675 bits per heavy atom. The zero-order chi connectivity index (χ0) is 61.9. The number of halogens is 39. The lowest BCUT2D eigenvalue weighted by molar-refractivity contribution is -0.440. The molecule has 0 unspecified atom stereocenters. The Hall–Kier alpha value is -4.44. The molecule has 0 fully saturated rings. The Balaban J connectivity index is 3.76. The van der Waals surface area contributed by atoms with E-state index in [1.54, 1.807) is 0 Å². The highest BCUT2D eigenvalue weighted by Gasteiger charge is 2.93. The molecule has 0 heterocycles. The molecule has 1 aromatic rings. The van der Waals surface area contributed by atoms with Crippen molar-refractivity contribution in [3.63, 3.8) is 0 Å². The van der Waals surface area contributed by atoms with E-state index in [4.69, 9.17) is 0 Å². The fourth-order valence-corrected chi connectivity index (χ4v) is 5.32. The summed E-state index contributed by atoms with van der Waals surface area (Å²) in [5, 5.41) is 0. The Bertz CT molecular complexity index is 2060. The van der Waals surface area contributed by atoms with Crippen molar-refractivity contribution in [1.82, 2.24) is 0 Å². The maximum atomic E-state index is 14.4. The fourth-order valence-electron chi connectivity index (χ4n) is 5.32. The largest absolute Gasteiger partial charge is 0.490 e. The molecule has 0 saturated heterocycles. The summed E-state index contributed by atoms with van der Waals surface area (Å²) in [6.07, 6.45) is -40.2. The van der Waals surface area contributed by atoms with Crippen LogP contribution in [-0.2, 0) is 0 Å². The van der Waals surface area contributed by atoms with E-state index in [1.165, 1.54) is 0 Å². The third kappa shape index (κ3) is 11.6. The van der Waals surface area contributed by atoms with E-state index in [0.717, 1.165) is 0 Å². The zero-order valence-electron chi connectivity index (χ0n) is 35.5. The standard InChI is InChI=1S/C34H21F39O4/c35-17(36,20(41,42)23(47,48)26(53,54)29(59,60)32(65,66)67)4-1-7-75-14-10-13(12-74)11-15(76-8-2-5-18(37,38)21(43,44)24(49,50)27(55,56)30(61,62)33(68,69)70)16(14)77-9-3-6-19(39,40)22(45,46)25(51,52)28(57,58)31(63,64)34(71,72)73/h10-12H,1-9H2. The number of hydrogen-bond donors (Lipinski definition) is 0. The summed E-state index contributed by atoms with van der Waals surface area (Å²) in [5.41, 5.74) is -1.21. The van der Waals surface area contributed by atoms with Gasteiger partial charge in [-0.3, -0.25) is 4.79 Å². The first kappa shape index (κ1) is 70.6. The number of carbonyl (C=O) groups is 1. The van der Waals surface area contributed by atoms with Crippen LogP contribution in [0.15, 0.2) is 12.1 Å². The Labute approximate surface area is 398 Å². The van der Waals surface area contributed by atoms with E-state index < -0.39 is 195 Å². The topological polar surface area (TPSA) is 44.8 Å². The molecular weight excluding hydrogens is 1210 g/mol. The van der Waals surface area contributed by atoms with Crippen LogP contribution in [0.3, 0.4) is 0 Å². The number of aldehydes is 1. The Morgan fingerprint density at radius 1 is 0.286 bits per heavy atom. The summed E-state index contributed by atoms with van der Waals surface area (Å²) >= 11 is 0. The molecule has 0 amide bonds. The van der Waals surface area contributed by atoms with Crippen molar-refractivity contribution in [3.8, 4) is 17.2 Å². The maximum absolute atomic E-state index is 14.4. The lowest BCUT2D eigenvalue weighted by atomic mass is 9.92. The molecule has 0 aromatic heterocycles. The smallest absolute Gasteiger partial charge is 0.460 e. The summed E-state index contributed by atoms with van der Waals surface area (Å²) in [7, 11) is 0. The highest BCUT2D eigenvalue weighted by molar-refractivity contribution is 5.78. The molecule has 1 rings (SSSR count). The number of hydrogen-bond acceptors (Lipinski definition) is 4. The number of ether oxygens (including phenoxy) is 3. The summed E-state index contributed by atoms with van der Waals surface area (Å²) in [5.74, 6) is -125. The fraction of sp³-hybridized carbons (Fsp3) is 0.794. The van der Waals surface area contributed by atoms with Gasteiger partial charge in [-0.05, 0) is 31.4 Å². The van der Waals surface area contributed by atoms with Crippen LogP contribution in [0.1, 0.15) is 48.9 Å². The van der Waals surface area contributed by atoms with Gasteiger partial charge in [0.15, 0.2) is 11.5 Å². The number of alkyl halides is 39. The second kappa shape index (κ2) is 20.9. The average Bonchev–Trinajstić information content (AvgIpc) is 3.23. The van der Waals surface area contributed by atoms with Crippen molar-refractivity contribution < 1.29 is 190 Å². The van der Waals surface area contributed by atoms with Crippen LogP contribution in [-0.4, -0.2) is 133 Å².